The Hall–Kier alpha value is -2.14. The minimum absolute atomic E-state index is 0.159. The van der Waals surface area contributed by atoms with Crippen molar-refractivity contribution in [3.63, 3.8) is 0 Å². The van der Waals surface area contributed by atoms with Gasteiger partial charge >= 0.3 is 10.1 Å². The van der Waals surface area contributed by atoms with Crippen LogP contribution in [-0.4, -0.2) is 29.9 Å². The molecule has 7 nitrogen and oxygen atoms in total. The van der Waals surface area contributed by atoms with Crippen LogP contribution >= 0.6 is 0 Å². The summed E-state index contributed by atoms with van der Waals surface area (Å²) >= 11 is 0. The summed E-state index contributed by atoms with van der Waals surface area (Å²) in [6, 6.07) is 1.82. The van der Waals surface area contributed by atoms with Gasteiger partial charge in [-0.3, -0.25) is 4.28 Å². The number of nitrogens with zero attached hydrogens (tertiary/aromatic N) is 4. The second-order valence-electron chi connectivity index (χ2n) is 4.27. The third kappa shape index (κ3) is 2.88. The maximum atomic E-state index is 11.0. The first-order valence-corrected chi connectivity index (χ1v) is 7.92. The van der Waals surface area contributed by atoms with E-state index in [0.29, 0.717) is 12.4 Å². The molecule has 0 bridgehead atoms. The van der Waals surface area contributed by atoms with Gasteiger partial charge < -0.3 is 4.57 Å². The van der Waals surface area contributed by atoms with Crippen molar-refractivity contribution in [1.82, 2.24) is 9.55 Å². The molecular formula is C12H14N4O3S. The molecule has 1 aliphatic carbocycles. The maximum Gasteiger partial charge on any atom is 0.325 e. The van der Waals surface area contributed by atoms with E-state index in [9.17, 15) is 8.42 Å². The Morgan fingerprint density at radius 3 is 2.85 bits per heavy atom. The minimum atomic E-state index is -3.75. The molecule has 1 heterocycles. The van der Waals surface area contributed by atoms with E-state index in [-0.39, 0.29) is 5.71 Å². The zero-order chi connectivity index (χ0) is 14.8. The van der Waals surface area contributed by atoms with E-state index in [1.165, 1.54) is 0 Å². The number of oxime groups is 1. The molecule has 8 heteroatoms. The third-order valence-corrected chi connectivity index (χ3v) is 3.12. The van der Waals surface area contributed by atoms with Crippen molar-refractivity contribution in [1.29, 1.82) is 5.26 Å². The first-order valence-electron chi connectivity index (χ1n) is 6.10. The van der Waals surface area contributed by atoms with Crippen LogP contribution in [0.15, 0.2) is 5.16 Å². The number of fused-ring (bicyclic) bond motifs is 1. The highest BCUT2D eigenvalue weighted by molar-refractivity contribution is 7.85. The van der Waals surface area contributed by atoms with Gasteiger partial charge in [0, 0.05) is 6.54 Å². The molecular weight excluding hydrogens is 280 g/mol. The smallest absolute Gasteiger partial charge is 0.322 e. The monoisotopic (exact) mass is 294 g/mol. The zero-order valence-corrected chi connectivity index (χ0v) is 12.0. The topological polar surface area (TPSA) is 97.3 Å². The molecule has 0 N–H and O–H groups in total. The fourth-order valence-corrected chi connectivity index (χ4v) is 2.22. The van der Waals surface area contributed by atoms with E-state index in [2.05, 4.69) is 14.4 Å². The molecule has 0 saturated heterocycles. The summed E-state index contributed by atoms with van der Waals surface area (Å²) < 4.78 is 28.1. The number of hydrogen-bond acceptors (Lipinski definition) is 6. The number of imidazole rings is 1. The summed E-state index contributed by atoms with van der Waals surface area (Å²) in [6.45, 7) is 2.52. The quantitative estimate of drug-likeness (QED) is 0.549. The largest absolute Gasteiger partial charge is 0.325 e. The van der Waals surface area contributed by atoms with Crippen LogP contribution in [0.5, 0.6) is 0 Å². The fourth-order valence-electron chi connectivity index (χ4n) is 2.01. The normalized spacial score (nSPS) is 14.8. The van der Waals surface area contributed by atoms with Crippen molar-refractivity contribution < 1.29 is 12.7 Å². The van der Waals surface area contributed by atoms with Gasteiger partial charge in [0.05, 0.1) is 17.0 Å². The Labute approximate surface area is 116 Å². The van der Waals surface area contributed by atoms with Crippen molar-refractivity contribution in [3.8, 4) is 6.07 Å². The van der Waals surface area contributed by atoms with Gasteiger partial charge in [-0.05, 0) is 19.8 Å². The lowest BCUT2D eigenvalue weighted by molar-refractivity contribution is 0.343. The van der Waals surface area contributed by atoms with Gasteiger partial charge in [0.1, 0.15) is 6.07 Å². The number of rotatable bonds is 4. The second-order valence-corrected chi connectivity index (χ2v) is 5.82. The van der Waals surface area contributed by atoms with Gasteiger partial charge in [-0.15, -0.1) is 0 Å². The summed E-state index contributed by atoms with van der Waals surface area (Å²) in [7, 11) is -3.75. The van der Waals surface area contributed by atoms with E-state index in [0.717, 1.165) is 29.8 Å². The number of aromatic nitrogens is 2. The number of hydrogen-bond donors (Lipinski definition) is 0. The molecule has 2 rings (SSSR count). The van der Waals surface area contributed by atoms with Crippen LogP contribution in [0.4, 0.5) is 0 Å². The second kappa shape index (κ2) is 5.46. The average molecular weight is 294 g/mol. The molecule has 0 amide bonds. The summed E-state index contributed by atoms with van der Waals surface area (Å²) in [5.74, 6) is 0.318. The minimum Gasteiger partial charge on any atom is -0.322 e. The predicted molar refractivity (Wildman–Crippen MR) is 73.4 cm³/mol. The van der Waals surface area contributed by atoms with Crippen LogP contribution in [0.2, 0.25) is 0 Å². The highest BCUT2D eigenvalue weighted by atomic mass is 32.2. The highest BCUT2D eigenvalue weighted by Crippen LogP contribution is 2.01. The molecule has 20 heavy (non-hydrogen) atoms. The van der Waals surface area contributed by atoms with Gasteiger partial charge in [-0.2, -0.15) is 13.7 Å². The third-order valence-electron chi connectivity index (χ3n) is 2.78. The Morgan fingerprint density at radius 1 is 1.55 bits per heavy atom. The molecule has 0 saturated carbocycles. The maximum absolute atomic E-state index is 11.0. The highest BCUT2D eigenvalue weighted by Gasteiger charge is 2.15. The van der Waals surface area contributed by atoms with E-state index in [1.54, 1.807) is 0 Å². The summed E-state index contributed by atoms with van der Waals surface area (Å²) in [5.41, 5.74) is -0.159. The van der Waals surface area contributed by atoms with Crippen LogP contribution in [0.3, 0.4) is 0 Å². The molecule has 0 radical (unpaired) electrons. The van der Waals surface area contributed by atoms with Crippen molar-refractivity contribution in [3.05, 3.63) is 16.5 Å². The Morgan fingerprint density at radius 2 is 2.25 bits per heavy atom. The van der Waals surface area contributed by atoms with E-state index in [1.807, 2.05) is 29.7 Å². The molecule has 1 aromatic rings. The van der Waals surface area contributed by atoms with Crippen LogP contribution in [-0.2, 0) is 20.9 Å². The average Bonchev–Trinajstić information content (AvgIpc) is 2.76. The molecule has 0 atom stereocenters. The van der Waals surface area contributed by atoms with Crippen molar-refractivity contribution in [2.75, 3.05) is 6.26 Å². The Kier molecular flexibility index (Phi) is 3.90. The summed E-state index contributed by atoms with van der Waals surface area (Å²) in [5, 5.41) is 14.2. The molecule has 0 aliphatic heterocycles. The van der Waals surface area contributed by atoms with Crippen molar-refractivity contribution in [2.24, 2.45) is 5.16 Å². The van der Waals surface area contributed by atoms with Gasteiger partial charge in [0.2, 0.25) is 5.71 Å². The van der Waals surface area contributed by atoms with Crippen LogP contribution in [0, 0.1) is 11.3 Å². The van der Waals surface area contributed by atoms with Crippen molar-refractivity contribution >= 4 is 28.0 Å². The number of nitriles is 1. The molecule has 0 unspecified atom stereocenters. The molecule has 0 spiro atoms. The SMILES string of the molecule is CCn1c(/C(C#N)=N/OS(C)(=O)=O)nc2c1=CCCC=2. The Bertz CT molecular complexity index is 812. The fraction of sp³-hybridized carbons (Fsp3) is 0.417. The molecule has 1 aliphatic rings. The Balaban J connectivity index is 2.58. The molecule has 1 aromatic heterocycles. The van der Waals surface area contributed by atoms with E-state index in [4.69, 9.17) is 5.26 Å². The molecule has 106 valence electrons. The van der Waals surface area contributed by atoms with Crippen LogP contribution in [0.1, 0.15) is 25.6 Å². The first-order chi connectivity index (χ1) is 9.46. The summed E-state index contributed by atoms with van der Waals surface area (Å²) in [4.78, 5) is 4.34. The standard InChI is InChI=1S/C12H14N4O3S/c1-3-16-11-7-5-4-6-9(11)14-12(16)10(8-13)15-19-20(2,17)18/h6-7H,3-5H2,1-2H3/b15-10+. The van der Waals surface area contributed by atoms with Gasteiger partial charge in [0.15, 0.2) is 5.82 Å². The molecule has 0 aromatic carbocycles. The van der Waals surface area contributed by atoms with E-state index >= 15 is 0 Å². The van der Waals surface area contributed by atoms with Gasteiger partial charge in [-0.25, -0.2) is 4.98 Å². The predicted octanol–water partition coefficient (Wildman–Crippen LogP) is -0.538. The lowest BCUT2D eigenvalue weighted by atomic mass is 10.2. The lowest BCUT2D eigenvalue weighted by Crippen LogP contribution is -2.31. The summed E-state index contributed by atoms with van der Waals surface area (Å²) in [6.07, 6.45) is 6.70. The molecule has 0 fully saturated rings. The van der Waals surface area contributed by atoms with Gasteiger partial charge in [-0.1, -0.05) is 17.3 Å². The van der Waals surface area contributed by atoms with Gasteiger partial charge in [0.25, 0.3) is 0 Å². The zero-order valence-electron chi connectivity index (χ0n) is 11.2. The van der Waals surface area contributed by atoms with E-state index < -0.39 is 10.1 Å². The lowest BCUT2D eigenvalue weighted by Gasteiger charge is -2.03. The van der Waals surface area contributed by atoms with Crippen LogP contribution < -0.4 is 10.7 Å². The van der Waals surface area contributed by atoms with Crippen LogP contribution in [0.25, 0.3) is 12.2 Å². The first kappa shape index (κ1) is 14.3. The van der Waals surface area contributed by atoms with Crippen molar-refractivity contribution in [2.45, 2.75) is 26.3 Å².